The van der Waals surface area contributed by atoms with Crippen LogP contribution in [0.1, 0.15) is 52.4 Å². The van der Waals surface area contributed by atoms with Gasteiger partial charge >= 0.3 is 67.8 Å². The topological polar surface area (TPSA) is 129 Å². The van der Waals surface area contributed by atoms with E-state index in [9.17, 15) is 0 Å². The van der Waals surface area contributed by atoms with E-state index in [-0.39, 0.29) is 45.8 Å². The second-order valence-electron chi connectivity index (χ2n) is 3.82. The van der Waals surface area contributed by atoms with Crippen molar-refractivity contribution in [3.8, 4) is 0 Å². The summed E-state index contributed by atoms with van der Waals surface area (Å²) in [6.45, 7) is 40.4. The molecule has 29 heavy (non-hydrogen) atoms. The van der Waals surface area contributed by atoms with Gasteiger partial charge in [-0.2, -0.15) is 0 Å². The van der Waals surface area contributed by atoms with Crippen molar-refractivity contribution in [3.05, 3.63) is 65.2 Å². The number of unbranched alkanes of at least 4 members (excludes halogenated alkanes) is 3. The molecular weight excluding hydrogens is 470 g/mol. The second-order valence-corrected chi connectivity index (χ2v) is 3.82. The molecule has 0 aromatic rings. The van der Waals surface area contributed by atoms with Gasteiger partial charge in [0.05, 0.1) is 12.2 Å². The van der Waals surface area contributed by atoms with Gasteiger partial charge in [0, 0.05) is 33.6 Å². The molecule has 0 saturated heterocycles. The number of hydrogen-bond acceptors (Lipinski definition) is 1. The summed E-state index contributed by atoms with van der Waals surface area (Å²) in [6, 6.07) is 0. The molecule has 0 fully saturated rings. The Morgan fingerprint density at radius 1 is 0.828 bits per heavy atom. The van der Waals surface area contributed by atoms with Crippen LogP contribution in [0.3, 0.4) is 0 Å². The molecule has 164 valence electrons. The van der Waals surface area contributed by atoms with Gasteiger partial charge in [0.25, 0.3) is 0 Å². The van der Waals surface area contributed by atoms with Gasteiger partial charge in [0.2, 0.25) is 0 Å². The number of hydrogen-bond donors (Lipinski definition) is 0. The van der Waals surface area contributed by atoms with Crippen LogP contribution in [0.4, 0.5) is 0 Å². The first-order valence-corrected chi connectivity index (χ1v) is 7.25. The molecule has 0 amide bonds. The van der Waals surface area contributed by atoms with Gasteiger partial charge in [0.15, 0.2) is 0 Å². The van der Waals surface area contributed by atoms with E-state index in [0.29, 0.717) is 0 Å². The van der Waals surface area contributed by atoms with Crippen molar-refractivity contribution in [1.29, 1.82) is 0 Å². The van der Waals surface area contributed by atoms with Crippen molar-refractivity contribution in [2.75, 3.05) is 0 Å². The van der Waals surface area contributed by atoms with Crippen molar-refractivity contribution < 1.29 is 66.2 Å². The summed E-state index contributed by atoms with van der Waals surface area (Å²) in [7, 11) is 0. The van der Waals surface area contributed by atoms with Gasteiger partial charge in [-0.3, -0.25) is 0 Å². The predicted octanol–water partition coefficient (Wildman–Crippen LogP) is 3.87. The van der Waals surface area contributed by atoms with Gasteiger partial charge in [-0.25, -0.2) is 0 Å². The van der Waals surface area contributed by atoms with E-state index < -0.39 is 0 Å². The Labute approximate surface area is 195 Å². The largest absolute Gasteiger partial charge is 0.366 e. The van der Waals surface area contributed by atoms with Crippen molar-refractivity contribution in [1.82, 2.24) is 0 Å². The van der Waals surface area contributed by atoms with Crippen LogP contribution < -0.4 is 0 Å². The van der Waals surface area contributed by atoms with Crippen LogP contribution >= 0.6 is 0 Å². The smallest absolute Gasteiger partial charge is 0.0834 e. The fourth-order valence-electron chi connectivity index (χ4n) is 1.48. The minimum absolute atomic E-state index is 0. The van der Waals surface area contributed by atoms with E-state index in [2.05, 4.69) is 59.5 Å². The van der Waals surface area contributed by atoms with Crippen LogP contribution in [0.2, 0.25) is 0 Å². The molecule has 4 radical (unpaired) electrons. The van der Waals surface area contributed by atoms with Gasteiger partial charge in [-0.15, -0.1) is 6.58 Å². The molecular formula is C20H24Co2O7. The molecule has 9 heteroatoms. The molecule has 0 aliphatic rings. The normalized spacial score (nSPS) is 7.93. The molecule has 0 aromatic heterocycles. The standard InChI is InChI=1S/C14H24O.6CO.2Co/c1-5-9-10-11-12-14(8-4)15-13(6-2)7-3;6*1-2;;/h2,8,13-14H,4-5,7,9-12H2,1,3H3;;;;;;;;/t13?,14-;;;;;;;;/m1......../s1. The Kier molecular flexibility index (Phi) is 182. The van der Waals surface area contributed by atoms with E-state index in [4.69, 9.17) is 39.2 Å². The molecule has 7 nitrogen and oxygen atoms in total. The predicted molar refractivity (Wildman–Crippen MR) is 89.0 cm³/mol. The third-order valence-corrected chi connectivity index (χ3v) is 2.50. The molecule has 0 aromatic carbocycles. The summed E-state index contributed by atoms with van der Waals surface area (Å²) >= 11 is 0. The fraction of sp³-hybridized carbons (Fsp3) is 0.500. The summed E-state index contributed by atoms with van der Waals surface area (Å²) in [5.41, 5.74) is 0. The molecule has 0 aliphatic heterocycles. The van der Waals surface area contributed by atoms with Crippen LogP contribution in [0.25, 0.3) is 0 Å². The van der Waals surface area contributed by atoms with Crippen LogP contribution in [-0.4, -0.2) is 12.2 Å². The Hall–Kier alpha value is -1.11. The third-order valence-electron chi connectivity index (χ3n) is 2.50. The molecule has 0 heterocycles. The van der Waals surface area contributed by atoms with E-state index in [1.54, 1.807) is 0 Å². The van der Waals surface area contributed by atoms with E-state index in [0.717, 1.165) is 12.8 Å². The van der Waals surface area contributed by atoms with Crippen LogP contribution in [0, 0.1) is 52.6 Å². The summed E-state index contributed by atoms with van der Waals surface area (Å²) in [4.78, 5) is 0. The molecule has 2 atom stereocenters. The summed E-state index contributed by atoms with van der Waals surface area (Å²) < 4.78 is 50.7. The SMILES string of the molecule is [C-]#[O+].[C-]#[O+].[C-]#[O+].[C-]#[O+].[C-]#[O+].[C-]#[O+].[CH]=[C]C(CC)O[C@H](C=C)CCCCCC.[Co].[Co]. The van der Waals surface area contributed by atoms with Gasteiger partial charge in [-0.1, -0.05) is 52.2 Å². The molecule has 0 bridgehead atoms. The van der Waals surface area contributed by atoms with Crippen molar-refractivity contribution in [2.24, 2.45) is 0 Å². The van der Waals surface area contributed by atoms with E-state index in [1.165, 1.54) is 25.7 Å². The average Bonchev–Trinajstić information content (AvgIpc) is 2.81. The van der Waals surface area contributed by atoms with Gasteiger partial charge in [0.1, 0.15) is 0 Å². The Bertz CT molecular complexity index is 339. The van der Waals surface area contributed by atoms with Gasteiger partial charge in [-0.05, 0) is 18.9 Å². The molecule has 0 N–H and O–H groups in total. The maximum absolute atomic E-state index is 7.50. The van der Waals surface area contributed by atoms with Crippen LogP contribution in [-0.2, 0) is 66.2 Å². The maximum atomic E-state index is 7.50. The number of rotatable bonds is 10. The monoisotopic (exact) mass is 494 g/mol. The van der Waals surface area contributed by atoms with Gasteiger partial charge < -0.3 is 4.74 Å². The van der Waals surface area contributed by atoms with Crippen LogP contribution in [0.5, 0.6) is 0 Å². The fourth-order valence-corrected chi connectivity index (χ4v) is 1.48. The zero-order valence-electron chi connectivity index (χ0n) is 16.3. The number of ether oxygens (including phenoxy) is 1. The average molecular weight is 494 g/mol. The quantitative estimate of drug-likeness (QED) is 0.194. The van der Waals surface area contributed by atoms with Crippen molar-refractivity contribution in [2.45, 2.75) is 64.6 Å². The Morgan fingerprint density at radius 3 is 1.45 bits per heavy atom. The minimum Gasteiger partial charge on any atom is -0.366 e. The first kappa shape index (κ1) is 56.5. The summed E-state index contributed by atoms with van der Waals surface area (Å²) in [5.74, 6) is 0. The first-order valence-electron chi connectivity index (χ1n) is 7.25. The van der Waals surface area contributed by atoms with Crippen molar-refractivity contribution >= 4 is 0 Å². The second kappa shape index (κ2) is 93.4. The molecule has 0 saturated carbocycles. The van der Waals surface area contributed by atoms with E-state index in [1.807, 2.05) is 13.0 Å². The summed E-state index contributed by atoms with van der Waals surface area (Å²) in [6.07, 6.45) is 11.5. The zero-order chi connectivity index (χ0) is 23.5. The van der Waals surface area contributed by atoms with Crippen molar-refractivity contribution in [3.63, 3.8) is 0 Å². The molecule has 0 rings (SSSR count). The Morgan fingerprint density at radius 2 is 1.21 bits per heavy atom. The molecule has 1 unspecified atom stereocenters. The molecule has 0 aliphatic carbocycles. The first-order chi connectivity index (χ1) is 13.3. The summed E-state index contributed by atoms with van der Waals surface area (Å²) in [5, 5.41) is 0. The van der Waals surface area contributed by atoms with E-state index >= 15 is 0 Å². The third kappa shape index (κ3) is 75.1. The zero-order valence-corrected chi connectivity index (χ0v) is 18.4. The molecule has 0 spiro atoms. The maximum Gasteiger partial charge on any atom is 0.0834 e. The van der Waals surface area contributed by atoms with Crippen LogP contribution in [0.15, 0.2) is 12.7 Å². The Balaban J connectivity index is -0.0000000349. The minimum atomic E-state index is -0.0563.